The van der Waals surface area contributed by atoms with Crippen molar-refractivity contribution < 1.29 is 17.6 Å². The fraction of sp³-hybridized carbons (Fsp3) is 0.133. The molecular weight excluding hydrogens is 340 g/mol. The van der Waals surface area contributed by atoms with Gasteiger partial charge in [0.25, 0.3) is 15.9 Å². The summed E-state index contributed by atoms with van der Waals surface area (Å²) >= 11 is 5.75. The Bertz CT molecular complexity index is 839. The highest BCUT2D eigenvalue weighted by Gasteiger charge is 2.15. The standard InChI is InChI=1S/C15H15ClN2O4S/c1-10-9-14(11(2)22-10)15(19)17-18-23(20,21)8-7-12-3-5-13(16)6-4-12/h3-9,18H,1-2H3,(H,17,19). The third-order valence-corrected chi connectivity index (χ3v) is 4.04. The molecule has 1 heterocycles. The Morgan fingerprint density at radius 3 is 2.43 bits per heavy atom. The summed E-state index contributed by atoms with van der Waals surface area (Å²) in [5, 5.41) is 1.51. The van der Waals surface area contributed by atoms with Gasteiger partial charge in [-0.1, -0.05) is 23.7 Å². The maximum absolute atomic E-state index is 11.9. The average molecular weight is 355 g/mol. The lowest BCUT2D eigenvalue weighted by Gasteiger charge is -2.04. The van der Waals surface area contributed by atoms with Crippen molar-refractivity contribution in [3.8, 4) is 0 Å². The Morgan fingerprint density at radius 1 is 1.22 bits per heavy atom. The van der Waals surface area contributed by atoms with E-state index in [-0.39, 0.29) is 5.56 Å². The van der Waals surface area contributed by atoms with E-state index in [1.54, 1.807) is 38.1 Å². The number of amides is 1. The number of furan rings is 1. The van der Waals surface area contributed by atoms with Gasteiger partial charge in [-0.05, 0) is 43.7 Å². The van der Waals surface area contributed by atoms with Gasteiger partial charge in [0.05, 0.1) is 5.56 Å². The number of sulfonamides is 1. The number of benzene rings is 1. The molecule has 8 heteroatoms. The molecule has 0 fully saturated rings. The molecule has 0 bridgehead atoms. The average Bonchev–Trinajstić information content (AvgIpc) is 2.83. The molecule has 0 spiro atoms. The number of rotatable bonds is 5. The fourth-order valence-corrected chi connectivity index (χ4v) is 2.58. The van der Waals surface area contributed by atoms with Gasteiger partial charge in [0, 0.05) is 10.4 Å². The molecule has 0 saturated heterocycles. The number of aryl methyl sites for hydroxylation is 2. The molecule has 0 saturated carbocycles. The molecule has 0 unspecified atom stereocenters. The zero-order valence-electron chi connectivity index (χ0n) is 12.5. The number of hydrazine groups is 1. The fourth-order valence-electron chi connectivity index (χ4n) is 1.82. The van der Waals surface area contributed by atoms with Crippen LogP contribution in [0.2, 0.25) is 5.02 Å². The Balaban J connectivity index is 2.00. The first-order valence-corrected chi connectivity index (χ1v) is 8.52. The van der Waals surface area contributed by atoms with E-state index in [1.165, 1.54) is 12.1 Å². The zero-order valence-corrected chi connectivity index (χ0v) is 14.0. The summed E-state index contributed by atoms with van der Waals surface area (Å²) in [5.41, 5.74) is 3.06. The molecular formula is C15H15ClN2O4S. The Hall–Kier alpha value is -2.09. The zero-order chi connectivity index (χ0) is 17.0. The summed E-state index contributed by atoms with van der Waals surface area (Å²) in [6, 6.07) is 8.16. The summed E-state index contributed by atoms with van der Waals surface area (Å²) in [5.74, 6) is 0.386. The molecule has 0 aliphatic carbocycles. The number of carbonyl (C=O) groups excluding carboxylic acids is 1. The van der Waals surface area contributed by atoms with Gasteiger partial charge in [0.15, 0.2) is 0 Å². The van der Waals surface area contributed by atoms with Crippen LogP contribution < -0.4 is 10.3 Å². The van der Waals surface area contributed by atoms with Gasteiger partial charge in [-0.25, -0.2) is 8.42 Å². The van der Waals surface area contributed by atoms with Gasteiger partial charge in [-0.15, -0.1) is 4.83 Å². The summed E-state index contributed by atoms with van der Waals surface area (Å²) in [6.45, 7) is 3.32. The molecule has 2 aromatic rings. The van der Waals surface area contributed by atoms with Crippen molar-refractivity contribution in [2.75, 3.05) is 0 Å². The third kappa shape index (κ3) is 4.95. The molecule has 2 N–H and O–H groups in total. The van der Waals surface area contributed by atoms with Crippen molar-refractivity contribution in [2.24, 2.45) is 0 Å². The van der Waals surface area contributed by atoms with Gasteiger partial charge in [-0.3, -0.25) is 10.2 Å². The summed E-state index contributed by atoms with van der Waals surface area (Å²) in [4.78, 5) is 13.9. The Kier molecular flexibility index (Phi) is 5.25. The van der Waals surface area contributed by atoms with E-state index < -0.39 is 15.9 Å². The molecule has 1 aromatic carbocycles. The second-order valence-corrected chi connectivity index (χ2v) is 6.79. The van der Waals surface area contributed by atoms with Crippen LogP contribution in [0.15, 0.2) is 40.2 Å². The largest absolute Gasteiger partial charge is 0.466 e. The lowest BCUT2D eigenvalue weighted by Crippen LogP contribution is -2.40. The minimum absolute atomic E-state index is 0.270. The molecule has 122 valence electrons. The van der Waals surface area contributed by atoms with Crippen LogP contribution in [0.1, 0.15) is 27.4 Å². The number of hydrogen-bond donors (Lipinski definition) is 2. The topological polar surface area (TPSA) is 88.4 Å². The lowest BCUT2D eigenvalue weighted by molar-refractivity contribution is 0.0944. The second kappa shape index (κ2) is 6.99. The van der Waals surface area contributed by atoms with Gasteiger partial charge in [0.2, 0.25) is 0 Å². The van der Waals surface area contributed by atoms with E-state index in [4.69, 9.17) is 16.0 Å². The number of hydrogen-bond acceptors (Lipinski definition) is 4. The highest BCUT2D eigenvalue weighted by molar-refractivity contribution is 7.92. The van der Waals surface area contributed by atoms with Crippen LogP contribution in [0.5, 0.6) is 0 Å². The van der Waals surface area contributed by atoms with Crippen molar-refractivity contribution >= 4 is 33.6 Å². The Labute approximate surface area is 139 Å². The van der Waals surface area contributed by atoms with Crippen LogP contribution in [0.4, 0.5) is 0 Å². The quantitative estimate of drug-likeness (QED) is 0.808. The van der Waals surface area contributed by atoms with E-state index in [0.717, 1.165) is 5.41 Å². The Morgan fingerprint density at radius 2 is 1.87 bits per heavy atom. The molecule has 0 atom stereocenters. The molecule has 1 amide bonds. The van der Waals surface area contributed by atoms with Gasteiger partial charge >= 0.3 is 0 Å². The van der Waals surface area contributed by atoms with Crippen molar-refractivity contribution in [1.29, 1.82) is 0 Å². The first kappa shape index (κ1) is 17.3. The van der Waals surface area contributed by atoms with E-state index in [1.807, 2.05) is 4.83 Å². The molecule has 23 heavy (non-hydrogen) atoms. The number of carbonyl (C=O) groups is 1. The smallest absolute Gasteiger partial charge is 0.269 e. The van der Waals surface area contributed by atoms with Crippen molar-refractivity contribution in [3.05, 3.63) is 63.4 Å². The normalized spacial score (nSPS) is 11.8. The summed E-state index contributed by atoms with van der Waals surface area (Å²) in [6.07, 6.45) is 1.39. The SMILES string of the molecule is Cc1cc(C(=O)NNS(=O)(=O)C=Cc2ccc(Cl)cc2)c(C)o1. The molecule has 6 nitrogen and oxygen atoms in total. The predicted molar refractivity (Wildman–Crippen MR) is 88.2 cm³/mol. The minimum Gasteiger partial charge on any atom is -0.466 e. The van der Waals surface area contributed by atoms with E-state index in [0.29, 0.717) is 22.1 Å². The molecule has 1 aromatic heterocycles. The van der Waals surface area contributed by atoms with Crippen LogP contribution in [0, 0.1) is 13.8 Å². The number of halogens is 1. The van der Waals surface area contributed by atoms with Crippen LogP contribution in [0.3, 0.4) is 0 Å². The molecule has 2 rings (SSSR count). The van der Waals surface area contributed by atoms with Crippen molar-refractivity contribution in [2.45, 2.75) is 13.8 Å². The monoisotopic (exact) mass is 354 g/mol. The van der Waals surface area contributed by atoms with Crippen LogP contribution in [0.25, 0.3) is 6.08 Å². The highest BCUT2D eigenvalue weighted by atomic mass is 35.5. The lowest BCUT2D eigenvalue weighted by atomic mass is 10.2. The maximum atomic E-state index is 11.9. The molecule has 0 radical (unpaired) electrons. The minimum atomic E-state index is -3.83. The van der Waals surface area contributed by atoms with E-state index in [9.17, 15) is 13.2 Å². The van der Waals surface area contributed by atoms with Gasteiger partial charge in [0.1, 0.15) is 11.5 Å². The highest BCUT2D eigenvalue weighted by Crippen LogP contribution is 2.13. The van der Waals surface area contributed by atoms with Crippen molar-refractivity contribution in [1.82, 2.24) is 10.3 Å². The third-order valence-electron chi connectivity index (χ3n) is 2.90. The van der Waals surface area contributed by atoms with Crippen LogP contribution >= 0.6 is 11.6 Å². The number of nitrogens with one attached hydrogen (secondary N) is 2. The van der Waals surface area contributed by atoms with Gasteiger partial charge < -0.3 is 4.42 Å². The second-order valence-electron chi connectivity index (χ2n) is 4.78. The van der Waals surface area contributed by atoms with Crippen molar-refractivity contribution in [3.63, 3.8) is 0 Å². The van der Waals surface area contributed by atoms with Crippen LogP contribution in [-0.2, 0) is 10.0 Å². The van der Waals surface area contributed by atoms with E-state index in [2.05, 4.69) is 5.43 Å². The first-order valence-electron chi connectivity index (χ1n) is 6.60. The summed E-state index contributed by atoms with van der Waals surface area (Å²) < 4.78 is 28.9. The van der Waals surface area contributed by atoms with Crippen LogP contribution in [-0.4, -0.2) is 14.3 Å². The first-order chi connectivity index (χ1) is 10.8. The summed E-state index contributed by atoms with van der Waals surface area (Å²) in [7, 11) is -3.83. The van der Waals surface area contributed by atoms with E-state index >= 15 is 0 Å². The molecule has 0 aliphatic heterocycles. The predicted octanol–water partition coefficient (Wildman–Crippen LogP) is 2.78. The maximum Gasteiger partial charge on any atom is 0.269 e. The van der Waals surface area contributed by atoms with Gasteiger partial charge in [-0.2, -0.15) is 0 Å². The molecule has 0 aliphatic rings.